The van der Waals surface area contributed by atoms with Crippen LogP contribution in [0.5, 0.6) is 5.75 Å². The second-order valence-electron chi connectivity index (χ2n) is 6.32. The molecule has 0 aromatic heterocycles. The van der Waals surface area contributed by atoms with Crippen molar-refractivity contribution in [1.82, 2.24) is 16.0 Å². The number of alkyl carbamates (subject to hydrolysis) is 1. The molecular formula is C20H31IN4O3. The Balaban J connectivity index is 0.00000392. The number of hydrogen-bond acceptors (Lipinski definition) is 4. The van der Waals surface area contributed by atoms with Crippen LogP contribution in [0.2, 0.25) is 0 Å². The molecule has 1 aliphatic rings. The van der Waals surface area contributed by atoms with E-state index in [0.717, 1.165) is 24.2 Å². The van der Waals surface area contributed by atoms with Crippen molar-refractivity contribution < 1.29 is 14.3 Å². The number of nitrogens with zero attached hydrogens (tertiary/aromatic N) is 1. The predicted octanol–water partition coefficient (Wildman–Crippen LogP) is 3.06. The van der Waals surface area contributed by atoms with Crippen LogP contribution < -0.4 is 20.7 Å². The second-order valence-corrected chi connectivity index (χ2v) is 6.32. The molecule has 28 heavy (non-hydrogen) atoms. The number of aliphatic imine (C=N–C) groups is 1. The van der Waals surface area contributed by atoms with E-state index in [1.165, 1.54) is 0 Å². The molecule has 1 fully saturated rings. The topological polar surface area (TPSA) is 84.0 Å². The van der Waals surface area contributed by atoms with Gasteiger partial charge in [-0.05, 0) is 31.7 Å². The van der Waals surface area contributed by atoms with Crippen LogP contribution >= 0.6 is 24.0 Å². The van der Waals surface area contributed by atoms with E-state index in [1.807, 2.05) is 24.3 Å². The first-order chi connectivity index (χ1) is 13.2. The number of halogens is 1. The summed E-state index contributed by atoms with van der Waals surface area (Å²) in [6.45, 7) is 7.48. The van der Waals surface area contributed by atoms with E-state index in [1.54, 1.807) is 20.0 Å². The average molecular weight is 502 g/mol. The highest BCUT2D eigenvalue weighted by atomic mass is 127. The highest BCUT2D eigenvalue weighted by Crippen LogP contribution is 2.32. The van der Waals surface area contributed by atoms with Crippen molar-refractivity contribution >= 4 is 36.0 Å². The molecule has 0 aliphatic heterocycles. The van der Waals surface area contributed by atoms with Crippen LogP contribution in [0, 0.1) is 5.92 Å². The molecule has 156 valence electrons. The number of rotatable bonds is 10. The molecule has 8 heteroatoms. The van der Waals surface area contributed by atoms with Crippen molar-refractivity contribution in [2.24, 2.45) is 10.9 Å². The molecular weight excluding hydrogens is 471 g/mol. The maximum atomic E-state index is 11.7. The minimum absolute atomic E-state index is 0. The predicted molar refractivity (Wildman–Crippen MR) is 122 cm³/mol. The molecule has 3 N–H and O–H groups in total. The lowest BCUT2D eigenvalue weighted by molar-refractivity contribution is 0.146. The maximum Gasteiger partial charge on any atom is 0.407 e. The third kappa shape index (κ3) is 8.37. The molecule has 0 radical (unpaired) electrons. The number of nitrogens with one attached hydrogen (secondary N) is 3. The Morgan fingerprint density at radius 3 is 2.75 bits per heavy atom. The zero-order chi connectivity index (χ0) is 19.5. The fourth-order valence-corrected chi connectivity index (χ4v) is 2.70. The highest BCUT2D eigenvalue weighted by Gasteiger charge is 2.32. The lowest BCUT2D eigenvalue weighted by Gasteiger charge is -2.20. The summed E-state index contributed by atoms with van der Waals surface area (Å²) >= 11 is 0. The molecule has 7 nitrogen and oxygen atoms in total. The van der Waals surface area contributed by atoms with Crippen LogP contribution in [0.15, 0.2) is 41.9 Å². The van der Waals surface area contributed by atoms with Gasteiger partial charge < -0.3 is 25.4 Å². The largest absolute Gasteiger partial charge is 0.489 e. The Morgan fingerprint density at radius 1 is 1.36 bits per heavy atom. The fraction of sp³-hybridized carbons (Fsp3) is 0.500. The Kier molecular flexibility index (Phi) is 11.4. The Hall–Kier alpha value is -1.97. The van der Waals surface area contributed by atoms with Crippen LogP contribution in [0.25, 0.3) is 0 Å². The summed E-state index contributed by atoms with van der Waals surface area (Å²) in [5.41, 5.74) is 1.03. The van der Waals surface area contributed by atoms with Crippen molar-refractivity contribution in [2.75, 3.05) is 26.8 Å². The number of guanidine groups is 1. The summed E-state index contributed by atoms with van der Waals surface area (Å²) in [5, 5.41) is 9.50. The van der Waals surface area contributed by atoms with E-state index in [0.29, 0.717) is 38.2 Å². The van der Waals surface area contributed by atoms with Gasteiger partial charge in [0.05, 0.1) is 12.6 Å². The molecule has 0 spiro atoms. The van der Waals surface area contributed by atoms with E-state index in [4.69, 9.17) is 9.47 Å². The molecule has 1 unspecified atom stereocenters. The fourth-order valence-electron chi connectivity index (χ4n) is 2.70. The third-order valence-corrected chi connectivity index (χ3v) is 4.26. The zero-order valence-corrected chi connectivity index (χ0v) is 18.9. The number of carbonyl (C=O) groups excluding carboxylic acids is 1. The summed E-state index contributed by atoms with van der Waals surface area (Å²) in [5.74, 6) is 1.98. The number of carbonyl (C=O) groups is 1. The summed E-state index contributed by atoms with van der Waals surface area (Å²) < 4.78 is 10.7. The summed E-state index contributed by atoms with van der Waals surface area (Å²) in [4.78, 5) is 16.0. The van der Waals surface area contributed by atoms with Gasteiger partial charge in [-0.15, -0.1) is 24.0 Å². The lowest BCUT2D eigenvalue weighted by Crippen LogP contribution is -2.48. The lowest BCUT2D eigenvalue weighted by atomic mass is 10.2. The van der Waals surface area contributed by atoms with E-state index in [-0.39, 0.29) is 36.1 Å². The van der Waals surface area contributed by atoms with E-state index >= 15 is 0 Å². The van der Waals surface area contributed by atoms with Crippen LogP contribution in [0.4, 0.5) is 4.79 Å². The first-order valence-electron chi connectivity index (χ1n) is 9.37. The van der Waals surface area contributed by atoms with Gasteiger partial charge in [0.25, 0.3) is 0 Å². The normalized spacial score (nSPS) is 14.3. The van der Waals surface area contributed by atoms with Gasteiger partial charge in [-0.2, -0.15) is 0 Å². The molecule has 1 aliphatic carbocycles. The summed E-state index contributed by atoms with van der Waals surface area (Å²) in [7, 11) is 1.72. The molecule has 1 atom stereocenters. The van der Waals surface area contributed by atoms with Gasteiger partial charge in [-0.3, -0.25) is 4.99 Å². The minimum atomic E-state index is -0.368. The van der Waals surface area contributed by atoms with Crippen LogP contribution in [-0.4, -0.2) is 44.9 Å². The first-order valence-corrected chi connectivity index (χ1v) is 9.37. The molecule has 0 saturated heterocycles. The van der Waals surface area contributed by atoms with Crippen LogP contribution in [-0.2, 0) is 11.3 Å². The molecule has 2 rings (SSSR count). The molecule has 1 amide bonds. The van der Waals surface area contributed by atoms with Gasteiger partial charge in [0.1, 0.15) is 12.4 Å². The van der Waals surface area contributed by atoms with Gasteiger partial charge in [-0.1, -0.05) is 30.9 Å². The SMILES string of the molecule is C=CCOc1ccccc1CNC(=NC)NCC(NC(=O)OCC)C1CC1.I. The zero-order valence-electron chi connectivity index (χ0n) is 16.6. The molecule has 0 heterocycles. The van der Waals surface area contributed by atoms with E-state index in [9.17, 15) is 4.79 Å². The van der Waals surface area contributed by atoms with Crippen molar-refractivity contribution in [3.05, 3.63) is 42.5 Å². The van der Waals surface area contributed by atoms with Crippen LogP contribution in [0.1, 0.15) is 25.3 Å². The smallest absolute Gasteiger partial charge is 0.407 e. The Labute approximate surface area is 184 Å². The van der Waals surface area contributed by atoms with Gasteiger partial charge in [0.15, 0.2) is 5.96 Å². The highest BCUT2D eigenvalue weighted by molar-refractivity contribution is 14.0. The number of hydrogen-bond donors (Lipinski definition) is 3. The average Bonchev–Trinajstić information content (AvgIpc) is 3.51. The Bertz CT molecular complexity index is 650. The third-order valence-electron chi connectivity index (χ3n) is 4.26. The van der Waals surface area contributed by atoms with Gasteiger partial charge in [-0.25, -0.2) is 4.79 Å². The summed E-state index contributed by atoms with van der Waals surface area (Å²) in [6, 6.07) is 7.89. The van der Waals surface area contributed by atoms with Gasteiger partial charge in [0, 0.05) is 25.7 Å². The second kappa shape index (κ2) is 13.2. The number of para-hydroxylation sites is 1. The molecule has 0 bridgehead atoms. The maximum absolute atomic E-state index is 11.7. The first kappa shape index (κ1) is 24.1. The number of ether oxygens (including phenoxy) is 2. The molecule has 1 saturated carbocycles. The molecule has 1 aromatic carbocycles. The minimum Gasteiger partial charge on any atom is -0.489 e. The number of benzene rings is 1. The van der Waals surface area contributed by atoms with E-state index in [2.05, 4.69) is 27.5 Å². The standard InChI is InChI=1S/C20H30N4O3.HI/c1-4-12-27-18-9-7-6-8-16(18)13-22-19(21-3)23-14-17(15-10-11-15)24-20(25)26-5-2;/h4,6-9,15,17H,1,5,10-14H2,2-3H3,(H,24,25)(H2,21,22,23);1H. The van der Waals surface area contributed by atoms with Gasteiger partial charge >= 0.3 is 6.09 Å². The molecule has 1 aromatic rings. The van der Waals surface area contributed by atoms with E-state index < -0.39 is 0 Å². The van der Waals surface area contributed by atoms with Crippen molar-refractivity contribution in [1.29, 1.82) is 0 Å². The van der Waals surface area contributed by atoms with Crippen molar-refractivity contribution in [2.45, 2.75) is 32.4 Å². The number of amides is 1. The van der Waals surface area contributed by atoms with Crippen molar-refractivity contribution in [3.8, 4) is 5.75 Å². The summed E-state index contributed by atoms with van der Waals surface area (Å²) in [6.07, 6.45) is 3.60. The quantitative estimate of drug-likeness (QED) is 0.198. The van der Waals surface area contributed by atoms with Gasteiger partial charge in [0.2, 0.25) is 0 Å². The van der Waals surface area contributed by atoms with Crippen LogP contribution in [0.3, 0.4) is 0 Å². The van der Waals surface area contributed by atoms with Crippen molar-refractivity contribution in [3.63, 3.8) is 0 Å². The monoisotopic (exact) mass is 502 g/mol. The Morgan fingerprint density at radius 2 is 2.11 bits per heavy atom.